The van der Waals surface area contributed by atoms with Gasteiger partial charge >= 0.3 is 0 Å². The number of hydrogen-bond acceptors (Lipinski definition) is 6. The van der Waals surface area contributed by atoms with Crippen molar-refractivity contribution >= 4 is 5.91 Å². The largest absolute Gasteiger partial charge is 0.494 e. The summed E-state index contributed by atoms with van der Waals surface area (Å²) in [5.41, 5.74) is 0.829. The predicted molar refractivity (Wildman–Crippen MR) is 83.9 cm³/mol. The number of aliphatic hydroxyl groups is 1. The first kappa shape index (κ1) is 17.0. The van der Waals surface area contributed by atoms with Crippen LogP contribution in [-0.2, 0) is 11.2 Å². The van der Waals surface area contributed by atoms with Crippen molar-refractivity contribution in [1.82, 2.24) is 15.5 Å². The quantitative estimate of drug-likeness (QED) is 0.681. The zero-order chi connectivity index (χ0) is 16.5. The van der Waals surface area contributed by atoms with Gasteiger partial charge in [0.25, 0.3) is 0 Å². The summed E-state index contributed by atoms with van der Waals surface area (Å²) in [5, 5.41) is 15.3. The Morgan fingerprint density at radius 2 is 2.13 bits per heavy atom. The molecule has 1 amide bonds. The molecule has 0 saturated heterocycles. The standard InChI is InChI=1S/C16H21N3O4/c1-2-22-13-6-4-12(5-7-13)16-18-15(23-19-16)9-8-14(21)17-10-3-11-20/h4-7,20H,2-3,8-11H2,1H3,(H,17,21). The van der Waals surface area contributed by atoms with E-state index in [9.17, 15) is 4.79 Å². The van der Waals surface area contributed by atoms with Gasteiger partial charge in [-0.2, -0.15) is 4.98 Å². The van der Waals surface area contributed by atoms with Gasteiger partial charge < -0.3 is 19.7 Å². The normalized spacial score (nSPS) is 10.5. The summed E-state index contributed by atoms with van der Waals surface area (Å²) in [6, 6.07) is 7.43. The van der Waals surface area contributed by atoms with Gasteiger partial charge in [-0.05, 0) is 37.6 Å². The van der Waals surface area contributed by atoms with Crippen LogP contribution in [0.2, 0.25) is 0 Å². The topological polar surface area (TPSA) is 97.5 Å². The summed E-state index contributed by atoms with van der Waals surface area (Å²) >= 11 is 0. The molecule has 1 aromatic heterocycles. The fourth-order valence-corrected chi connectivity index (χ4v) is 1.96. The van der Waals surface area contributed by atoms with E-state index in [1.165, 1.54) is 0 Å². The molecule has 2 aromatic rings. The molecule has 0 saturated carbocycles. The number of nitrogens with zero attached hydrogens (tertiary/aromatic N) is 2. The maximum atomic E-state index is 11.6. The molecule has 0 radical (unpaired) electrons. The lowest BCUT2D eigenvalue weighted by Gasteiger charge is -2.02. The highest BCUT2D eigenvalue weighted by Crippen LogP contribution is 2.20. The SMILES string of the molecule is CCOc1ccc(-c2noc(CCC(=O)NCCCO)n2)cc1. The van der Waals surface area contributed by atoms with Gasteiger partial charge in [-0.1, -0.05) is 5.16 Å². The average Bonchev–Trinajstić information content (AvgIpc) is 3.03. The van der Waals surface area contributed by atoms with Crippen molar-refractivity contribution in [3.05, 3.63) is 30.2 Å². The minimum atomic E-state index is -0.0979. The van der Waals surface area contributed by atoms with Crippen molar-refractivity contribution in [2.75, 3.05) is 19.8 Å². The van der Waals surface area contributed by atoms with Crippen molar-refractivity contribution in [2.45, 2.75) is 26.2 Å². The molecule has 23 heavy (non-hydrogen) atoms. The van der Waals surface area contributed by atoms with Gasteiger partial charge in [0.2, 0.25) is 17.6 Å². The minimum absolute atomic E-state index is 0.0649. The Hall–Kier alpha value is -2.41. The molecule has 0 unspecified atom stereocenters. The Morgan fingerprint density at radius 3 is 2.83 bits per heavy atom. The molecule has 0 atom stereocenters. The number of carbonyl (C=O) groups excluding carboxylic acids is 1. The zero-order valence-electron chi connectivity index (χ0n) is 13.1. The lowest BCUT2D eigenvalue weighted by Crippen LogP contribution is -2.25. The molecule has 124 valence electrons. The van der Waals surface area contributed by atoms with E-state index in [0.29, 0.717) is 37.7 Å². The molecule has 1 heterocycles. The van der Waals surface area contributed by atoms with Gasteiger partial charge in [0, 0.05) is 31.6 Å². The number of ether oxygens (including phenoxy) is 1. The average molecular weight is 319 g/mol. The van der Waals surface area contributed by atoms with Crippen LogP contribution in [0.1, 0.15) is 25.7 Å². The summed E-state index contributed by atoms with van der Waals surface area (Å²) in [6.07, 6.45) is 1.21. The summed E-state index contributed by atoms with van der Waals surface area (Å²) in [6.45, 7) is 3.08. The van der Waals surface area contributed by atoms with E-state index < -0.39 is 0 Å². The summed E-state index contributed by atoms with van der Waals surface area (Å²) < 4.78 is 10.5. The smallest absolute Gasteiger partial charge is 0.227 e. The summed E-state index contributed by atoms with van der Waals surface area (Å²) in [4.78, 5) is 15.9. The molecular formula is C16H21N3O4. The number of nitrogens with one attached hydrogen (secondary N) is 1. The van der Waals surface area contributed by atoms with Crippen molar-refractivity contribution in [3.8, 4) is 17.1 Å². The molecule has 7 nitrogen and oxygen atoms in total. The van der Waals surface area contributed by atoms with Crippen LogP contribution in [0.3, 0.4) is 0 Å². The third-order valence-corrected chi connectivity index (χ3v) is 3.11. The second kappa shape index (κ2) is 8.89. The van der Waals surface area contributed by atoms with E-state index in [0.717, 1.165) is 11.3 Å². The minimum Gasteiger partial charge on any atom is -0.494 e. The number of aliphatic hydroxyl groups excluding tert-OH is 1. The zero-order valence-corrected chi connectivity index (χ0v) is 13.1. The Balaban J connectivity index is 1.86. The van der Waals surface area contributed by atoms with Crippen molar-refractivity contribution in [1.29, 1.82) is 0 Å². The van der Waals surface area contributed by atoms with Crippen LogP contribution >= 0.6 is 0 Å². The molecule has 0 spiro atoms. The van der Waals surface area contributed by atoms with E-state index in [2.05, 4.69) is 15.5 Å². The number of benzene rings is 1. The van der Waals surface area contributed by atoms with E-state index >= 15 is 0 Å². The maximum Gasteiger partial charge on any atom is 0.227 e. The van der Waals surface area contributed by atoms with Crippen LogP contribution in [0.15, 0.2) is 28.8 Å². The predicted octanol–water partition coefficient (Wildman–Crippen LogP) is 1.57. The number of aryl methyl sites for hydroxylation is 1. The number of rotatable bonds is 9. The molecule has 0 aliphatic carbocycles. The molecule has 7 heteroatoms. The van der Waals surface area contributed by atoms with E-state index in [1.54, 1.807) is 0 Å². The number of hydrogen-bond donors (Lipinski definition) is 2. The lowest BCUT2D eigenvalue weighted by molar-refractivity contribution is -0.121. The highest BCUT2D eigenvalue weighted by molar-refractivity contribution is 5.75. The Kier molecular flexibility index (Phi) is 6.56. The molecule has 0 aliphatic heterocycles. The van der Waals surface area contributed by atoms with Crippen molar-refractivity contribution in [2.24, 2.45) is 0 Å². The maximum absolute atomic E-state index is 11.6. The number of amides is 1. The summed E-state index contributed by atoms with van der Waals surface area (Å²) in [5.74, 6) is 1.61. The molecular weight excluding hydrogens is 298 g/mol. The fraction of sp³-hybridized carbons (Fsp3) is 0.438. The number of aromatic nitrogens is 2. The molecule has 0 fully saturated rings. The molecule has 0 bridgehead atoms. The van der Waals surface area contributed by atoms with E-state index in [-0.39, 0.29) is 18.9 Å². The molecule has 2 N–H and O–H groups in total. The van der Waals surface area contributed by atoms with Crippen LogP contribution in [0.25, 0.3) is 11.4 Å². The number of carbonyl (C=O) groups is 1. The third-order valence-electron chi connectivity index (χ3n) is 3.11. The van der Waals surface area contributed by atoms with Gasteiger partial charge in [-0.15, -0.1) is 0 Å². The van der Waals surface area contributed by atoms with Crippen LogP contribution < -0.4 is 10.1 Å². The first-order valence-corrected chi connectivity index (χ1v) is 7.66. The highest BCUT2D eigenvalue weighted by atomic mass is 16.5. The Labute approximate surface area is 134 Å². The monoisotopic (exact) mass is 319 g/mol. The van der Waals surface area contributed by atoms with Gasteiger partial charge in [-0.25, -0.2) is 0 Å². The van der Waals surface area contributed by atoms with Crippen molar-refractivity contribution in [3.63, 3.8) is 0 Å². The van der Waals surface area contributed by atoms with Gasteiger partial charge in [0.05, 0.1) is 6.61 Å². The van der Waals surface area contributed by atoms with Crippen LogP contribution in [0.5, 0.6) is 5.75 Å². The van der Waals surface area contributed by atoms with Crippen LogP contribution in [0, 0.1) is 0 Å². The highest BCUT2D eigenvalue weighted by Gasteiger charge is 2.10. The van der Waals surface area contributed by atoms with Gasteiger partial charge in [-0.3, -0.25) is 4.79 Å². The van der Waals surface area contributed by atoms with E-state index in [4.69, 9.17) is 14.4 Å². The lowest BCUT2D eigenvalue weighted by atomic mass is 10.2. The van der Waals surface area contributed by atoms with Gasteiger partial charge in [0.1, 0.15) is 5.75 Å². The fourth-order valence-electron chi connectivity index (χ4n) is 1.96. The third kappa shape index (κ3) is 5.37. The second-order valence-electron chi connectivity index (χ2n) is 4.90. The Morgan fingerprint density at radius 1 is 1.35 bits per heavy atom. The molecule has 1 aromatic carbocycles. The van der Waals surface area contributed by atoms with Crippen molar-refractivity contribution < 1.29 is 19.2 Å². The van der Waals surface area contributed by atoms with Gasteiger partial charge in [0.15, 0.2) is 0 Å². The Bertz CT molecular complexity index is 610. The summed E-state index contributed by atoms with van der Waals surface area (Å²) in [7, 11) is 0. The van der Waals surface area contributed by atoms with Crippen LogP contribution in [-0.4, -0.2) is 40.9 Å². The second-order valence-corrected chi connectivity index (χ2v) is 4.90. The first-order chi connectivity index (χ1) is 11.2. The molecule has 0 aliphatic rings. The van der Waals surface area contributed by atoms with Crippen LogP contribution in [0.4, 0.5) is 0 Å². The van der Waals surface area contributed by atoms with E-state index in [1.807, 2.05) is 31.2 Å². The first-order valence-electron chi connectivity index (χ1n) is 7.66. The molecule has 2 rings (SSSR count).